The van der Waals surface area contributed by atoms with Gasteiger partial charge in [0.15, 0.2) is 0 Å². The molecule has 7 heteroatoms. The van der Waals surface area contributed by atoms with Crippen LogP contribution < -0.4 is 5.32 Å². The minimum Gasteiger partial charge on any atom is -0.449 e. The Hall–Kier alpha value is -2.12. The first kappa shape index (κ1) is 18.7. The largest absolute Gasteiger partial charge is 0.449 e. The van der Waals surface area contributed by atoms with E-state index in [0.29, 0.717) is 39.3 Å². The molecule has 1 aromatic carbocycles. The van der Waals surface area contributed by atoms with E-state index in [2.05, 4.69) is 22.3 Å². The molecule has 142 valence electrons. The maximum atomic E-state index is 12.2. The van der Waals surface area contributed by atoms with Crippen molar-refractivity contribution >= 4 is 12.0 Å². The van der Waals surface area contributed by atoms with E-state index < -0.39 is 0 Å². The number of amides is 2. The molecule has 2 fully saturated rings. The molecule has 2 aliphatic rings. The molecule has 0 spiro atoms. The van der Waals surface area contributed by atoms with Crippen molar-refractivity contribution in [1.29, 1.82) is 0 Å². The molecule has 26 heavy (non-hydrogen) atoms. The second-order valence-corrected chi connectivity index (χ2v) is 6.72. The molecule has 0 aromatic heterocycles. The molecular weight excluding hydrogens is 334 g/mol. The Morgan fingerprint density at radius 1 is 1.19 bits per heavy atom. The number of hydrogen-bond donors (Lipinski definition) is 1. The molecular formula is C19H27N3O4. The van der Waals surface area contributed by atoms with Crippen molar-refractivity contribution in [2.45, 2.75) is 25.5 Å². The van der Waals surface area contributed by atoms with Crippen molar-refractivity contribution in [3.63, 3.8) is 0 Å². The first-order valence-corrected chi connectivity index (χ1v) is 9.27. The van der Waals surface area contributed by atoms with Gasteiger partial charge >= 0.3 is 6.09 Å². The molecule has 2 saturated heterocycles. The van der Waals surface area contributed by atoms with Crippen LogP contribution in [0.15, 0.2) is 30.3 Å². The standard InChI is InChI=1S/C19H27N3O4/c23-18(20-7-9-22-8-4-11-26-19(22)24)13-17-15-21(10-12-25-17)14-16-5-2-1-3-6-16/h1-3,5-6,17H,4,7-15H2,(H,20,23). The van der Waals surface area contributed by atoms with E-state index in [1.165, 1.54) is 5.56 Å². The summed E-state index contributed by atoms with van der Waals surface area (Å²) in [5, 5.41) is 2.88. The molecule has 0 saturated carbocycles. The van der Waals surface area contributed by atoms with E-state index in [0.717, 1.165) is 26.1 Å². The summed E-state index contributed by atoms with van der Waals surface area (Å²) in [6.45, 7) is 5.24. The van der Waals surface area contributed by atoms with Gasteiger partial charge in [-0.2, -0.15) is 0 Å². The van der Waals surface area contributed by atoms with Gasteiger partial charge in [0.05, 0.1) is 25.7 Å². The zero-order valence-corrected chi connectivity index (χ0v) is 15.1. The number of nitrogens with one attached hydrogen (secondary N) is 1. The van der Waals surface area contributed by atoms with Gasteiger partial charge in [-0.15, -0.1) is 0 Å². The minimum absolute atomic E-state index is 0.0399. The molecule has 1 N–H and O–H groups in total. The number of carbonyl (C=O) groups excluding carboxylic acids is 2. The highest BCUT2D eigenvalue weighted by molar-refractivity contribution is 5.76. The third-order valence-electron chi connectivity index (χ3n) is 4.64. The molecule has 0 aliphatic carbocycles. The van der Waals surface area contributed by atoms with Gasteiger partial charge in [0, 0.05) is 39.3 Å². The second kappa shape index (κ2) is 9.54. The SMILES string of the molecule is O=C(CC1CN(Cc2ccccc2)CCO1)NCCN1CCCOC1=O. The van der Waals surface area contributed by atoms with E-state index in [4.69, 9.17) is 9.47 Å². The first-order valence-electron chi connectivity index (χ1n) is 9.27. The van der Waals surface area contributed by atoms with Crippen LogP contribution in [-0.4, -0.2) is 73.8 Å². The number of carbonyl (C=O) groups is 2. The van der Waals surface area contributed by atoms with Crippen molar-refractivity contribution in [1.82, 2.24) is 15.1 Å². The summed E-state index contributed by atoms with van der Waals surface area (Å²) in [4.78, 5) is 27.6. The average Bonchev–Trinajstić information content (AvgIpc) is 2.64. The van der Waals surface area contributed by atoms with Crippen molar-refractivity contribution in [3.8, 4) is 0 Å². The highest BCUT2D eigenvalue weighted by atomic mass is 16.6. The fraction of sp³-hybridized carbons (Fsp3) is 0.579. The molecule has 2 aliphatic heterocycles. The van der Waals surface area contributed by atoms with Crippen LogP contribution in [0.5, 0.6) is 0 Å². The summed E-state index contributed by atoms with van der Waals surface area (Å²) >= 11 is 0. The number of benzene rings is 1. The van der Waals surface area contributed by atoms with Crippen molar-refractivity contribution in [3.05, 3.63) is 35.9 Å². The van der Waals surface area contributed by atoms with Crippen molar-refractivity contribution in [2.24, 2.45) is 0 Å². The van der Waals surface area contributed by atoms with Crippen molar-refractivity contribution < 1.29 is 19.1 Å². The Labute approximate surface area is 154 Å². The molecule has 0 bridgehead atoms. The Morgan fingerprint density at radius 3 is 2.85 bits per heavy atom. The lowest BCUT2D eigenvalue weighted by molar-refractivity contribution is -0.126. The van der Waals surface area contributed by atoms with Gasteiger partial charge in [0.25, 0.3) is 0 Å². The normalized spacial score (nSPS) is 21.3. The van der Waals surface area contributed by atoms with Crippen LogP contribution in [0, 0.1) is 0 Å². The maximum absolute atomic E-state index is 12.2. The van der Waals surface area contributed by atoms with Crippen LogP contribution in [0.1, 0.15) is 18.4 Å². The summed E-state index contributed by atoms with van der Waals surface area (Å²) in [7, 11) is 0. The van der Waals surface area contributed by atoms with Crippen LogP contribution in [-0.2, 0) is 20.8 Å². The second-order valence-electron chi connectivity index (χ2n) is 6.72. The van der Waals surface area contributed by atoms with Crippen LogP contribution in [0.2, 0.25) is 0 Å². The predicted octanol–water partition coefficient (Wildman–Crippen LogP) is 1.24. The van der Waals surface area contributed by atoms with Crippen LogP contribution in [0.25, 0.3) is 0 Å². The topological polar surface area (TPSA) is 71.1 Å². The lowest BCUT2D eigenvalue weighted by Gasteiger charge is -2.32. The summed E-state index contributed by atoms with van der Waals surface area (Å²) in [5.41, 5.74) is 1.27. The van der Waals surface area contributed by atoms with Gasteiger partial charge in [-0.1, -0.05) is 30.3 Å². The Kier molecular flexibility index (Phi) is 6.85. The quantitative estimate of drug-likeness (QED) is 0.791. The minimum atomic E-state index is -0.294. The van der Waals surface area contributed by atoms with Gasteiger partial charge in [0.1, 0.15) is 0 Å². The van der Waals surface area contributed by atoms with Gasteiger partial charge < -0.3 is 19.7 Å². The third kappa shape index (κ3) is 5.71. The van der Waals surface area contributed by atoms with E-state index >= 15 is 0 Å². The molecule has 1 unspecified atom stereocenters. The first-order chi connectivity index (χ1) is 12.7. The zero-order chi connectivity index (χ0) is 18.2. The molecule has 0 radical (unpaired) electrons. The van der Waals surface area contributed by atoms with E-state index in [9.17, 15) is 9.59 Å². The summed E-state index contributed by atoms with van der Waals surface area (Å²) in [6.07, 6.45) is 0.799. The summed E-state index contributed by atoms with van der Waals surface area (Å²) < 4.78 is 10.7. The van der Waals surface area contributed by atoms with Crippen LogP contribution >= 0.6 is 0 Å². The number of hydrogen-bond acceptors (Lipinski definition) is 5. The summed E-state index contributed by atoms with van der Waals surface area (Å²) in [5.74, 6) is -0.0399. The zero-order valence-electron chi connectivity index (χ0n) is 15.1. The van der Waals surface area contributed by atoms with E-state index in [1.807, 2.05) is 18.2 Å². The Morgan fingerprint density at radius 2 is 2.04 bits per heavy atom. The molecule has 1 atom stereocenters. The average molecular weight is 361 g/mol. The van der Waals surface area contributed by atoms with E-state index in [1.54, 1.807) is 4.90 Å². The third-order valence-corrected chi connectivity index (χ3v) is 4.64. The molecule has 1 aromatic rings. The lowest BCUT2D eigenvalue weighted by atomic mass is 10.1. The van der Waals surface area contributed by atoms with Gasteiger partial charge in [0.2, 0.25) is 5.91 Å². The summed E-state index contributed by atoms with van der Waals surface area (Å²) in [6, 6.07) is 10.3. The fourth-order valence-corrected chi connectivity index (χ4v) is 3.30. The van der Waals surface area contributed by atoms with Crippen LogP contribution in [0.4, 0.5) is 4.79 Å². The Bertz CT molecular complexity index is 596. The molecule has 3 rings (SSSR count). The van der Waals surface area contributed by atoms with Gasteiger partial charge in [-0.05, 0) is 12.0 Å². The number of rotatable bonds is 7. The monoisotopic (exact) mass is 361 g/mol. The number of nitrogens with zero attached hydrogens (tertiary/aromatic N) is 2. The predicted molar refractivity (Wildman–Crippen MR) is 96.6 cm³/mol. The lowest BCUT2D eigenvalue weighted by Crippen LogP contribution is -2.45. The van der Waals surface area contributed by atoms with Gasteiger partial charge in [-0.25, -0.2) is 4.79 Å². The molecule has 2 amide bonds. The number of cyclic esters (lactones) is 1. The number of morpholine rings is 1. The van der Waals surface area contributed by atoms with Crippen molar-refractivity contribution in [2.75, 3.05) is 45.9 Å². The smallest absolute Gasteiger partial charge is 0.409 e. The number of ether oxygens (including phenoxy) is 2. The fourth-order valence-electron chi connectivity index (χ4n) is 3.30. The van der Waals surface area contributed by atoms with Crippen LogP contribution in [0.3, 0.4) is 0 Å². The Balaban J connectivity index is 1.36. The molecule has 7 nitrogen and oxygen atoms in total. The van der Waals surface area contributed by atoms with Gasteiger partial charge in [-0.3, -0.25) is 9.69 Å². The highest BCUT2D eigenvalue weighted by Gasteiger charge is 2.23. The maximum Gasteiger partial charge on any atom is 0.409 e. The highest BCUT2D eigenvalue weighted by Crippen LogP contribution is 2.12. The van der Waals surface area contributed by atoms with E-state index in [-0.39, 0.29) is 18.1 Å². The molecule has 2 heterocycles.